The lowest BCUT2D eigenvalue weighted by Crippen LogP contribution is -2.18. The number of aromatic nitrogens is 1. The number of nitrogens with two attached hydrogens (primary N) is 1. The van der Waals surface area contributed by atoms with Crippen molar-refractivity contribution in [3.8, 4) is 0 Å². The number of hydrogen-bond acceptors (Lipinski definition) is 2. The number of fused-ring (bicyclic) bond motifs is 1. The van der Waals surface area contributed by atoms with E-state index in [0.717, 1.165) is 6.07 Å². The average Bonchev–Trinajstić information content (AvgIpc) is 2.26. The van der Waals surface area contributed by atoms with E-state index in [-0.39, 0.29) is 10.8 Å². The second kappa shape index (κ2) is 4.13. The molecule has 0 spiro atoms. The van der Waals surface area contributed by atoms with Crippen molar-refractivity contribution in [3.05, 3.63) is 45.9 Å². The van der Waals surface area contributed by atoms with Gasteiger partial charge in [-0.05, 0) is 24.4 Å². The van der Waals surface area contributed by atoms with Crippen LogP contribution in [0, 0.1) is 0 Å². The number of pyridine rings is 1. The fraction of sp³-hybridized carbons (Fsp3) is 0.250. The molecule has 0 saturated heterocycles. The van der Waals surface area contributed by atoms with Crippen LogP contribution >= 0.6 is 0 Å². The Balaban J connectivity index is 2.84. The topological polar surface area (TPSA) is 58.9 Å². The third-order valence-electron chi connectivity index (χ3n) is 2.69. The molecule has 0 fully saturated rings. The fourth-order valence-corrected chi connectivity index (χ4v) is 1.82. The molecule has 0 amide bonds. The number of hydrogen-bond donors (Lipinski definition) is 2. The standard InChI is InChI=1S/C12H11F3N2O/c1-6(16)9-5-7-3-2-4-8(12(13,14)15)10(7)11(18)17-9/h2-6H,16H2,1H3,(H,17,18). The van der Waals surface area contributed by atoms with Crippen molar-refractivity contribution >= 4 is 10.8 Å². The maximum atomic E-state index is 12.8. The Morgan fingerprint density at radius 1 is 1.33 bits per heavy atom. The van der Waals surface area contributed by atoms with E-state index >= 15 is 0 Å². The van der Waals surface area contributed by atoms with Gasteiger partial charge >= 0.3 is 6.18 Å². The molecule has 96 valence electrons. The number of alkyl halides is 3. The van der Waals surface area contributed by atoms with E-state index in [1.165, 1.54) is 18.2 Å². The first-order valence-corrected chi connectivity index (χ1v) is 5.29. The molecule has 2 aromatic rings. The molecular formula is C12H11F3N2O. The highest BCUT2D eigenvalue weighted by Crippen LogP contribution is 2.33. The molecule has 2 rings (SSSR count). The minimum Gasteiger partial charge on any atom is -0.324 e. The van der Waals surface area contributed by atoms with E-state index in [2.05, 4.69) is 4.98 Å². The van der Waals surface area contributed by atoms with Gasteiger partial charge in [-0.15, -0.1) is 0 Å². The van der Waals surface area contributed by atoms with Crippen LogP contribution in [0.25, 0.3) is 10.8 Å². The van der Waals surface area contributed by atoms with Crippen molar-refractivity contribution in [1.29, 1.82) is 0 Å². The number of rotatable bonds is 1. The molecule has 0 radical (unpaired) electrons. The van der Waals surface area contributed by atoms with Crippen molar-refractivity contribution < 1.29 is 13.2 Å². The molecular weight excluding hydrogens is 245 g/mol. The van der Waals surface area contributed by atoms with Gasteiger partial charge in [0.2, 0.25) is 0 Å². The third kappa shape index (κ3) is 2.11. The van der Waals surface area contributed by atoms with Gasteiger partial charge in [0, 0.05) is 11.7 Å². The molecule has 1 unspecified atom stereocenters. The summed E-state index contributed by atoms with van der Waals surface area (Å²) in [4.78, 5) is 14.1. The Hall–Kier alpha value is -1.82. The second-order valence-corrected chi connectivity index (χ2v) is 4.11. The van der Waals surface area contributed by atoms with Crippen LogP contribution in [0.4, 0.5) is 13.2 Å². The smallest absolute Gasteiger partial charge is 0.324 e. The summed E-state index contributed by atoms with van der Waals surface area (Å²) in [5.41, 5.74) is 4.31. The highest BCUT2D eigenvalue weighted by atomic mass is 19.4. The van der Waals surface area contributed by atoms with Crippen LogP contribution in [0.5, 0.6) is 0 Å². The number of H-pyrrole nitrogens is 1. The number of halogens is 3. The van der Waals surface area contributed by atoms with E-state index in [9.17, 15) is 18.0 Å². The zero-order chi connectivity index (χ0) is 13.5. The predicted octanol–water partition coefficient (Wildman–Crippen LogP) is 2.57. The van der Waals surface area contributed by atoms with E-state index < -0.39 is 23.3 Å². The summed E-state index contributed by atoms with van der Waals surface area (Å²) in [6.45, 7) is 1.64. The quantitative estimate of drug-likeness (QED) is 0.823. The van der Waals surface area contributed by atoms with Crippen LogP contribution in [0.3, 0.4) is 0 Å². The maximum Gasteiger partial charge on any atom is 0.417 e. The number of nitrogens with one attached hydrogen (secondary N) is 1. The minimum atomic E-state index is -4.55. The summed E-state index contributed by atoms with van der Waals surface area (Å²) in [5.74, 6) is 0. The van der Waals surface area contributed by atoms with Gasteiger partial charge in [0.25, 0.3) is 5.56 Å². The molecule has 0 aliphatic rings. The van der Waals surface area contributed by atoms with Gasteiger partial charge in [-0.2, -0.15) is 13.2 Å². The van der Waals surface area contributed by atoms with Crippen molar-refractivity contribution in [2.75, 3.05) is 0 Å². The molecule has 1 aromatic carbocycles. The molecule has 6 heteroatoms. The molecule has 1 heterocycles. The molecule has 3 N–H and O–H groups in total. The Labute approximate surface area is 100 Å². The third-order valence-corrected chi connectivity index (χ3v) is 2.69. The van der Waals surface area contributed by atoms with E-state index in [1.54, 1.807) is 6.92 Å². The monoisotopic (exact) mass is 256 g/mol. The van der Waals surface area contributed by atoms with Crippen molar-refractivity contribution in [3.63, 3.8) is 0 Å². The molecule has 0 aliphatic heterocycles. The van der Waals surface area contributed by atoms with Crippen molar-refractivity contribution in [2.24, 2.45) is 5.73 Å². The lowest BCUT2D eigenvalue weighted by atomic mass is 10.0. The van der Waals surface area contributed by atoms with Crippen LogP contribution in [-0.2, 0) is 6.18 Å². The van der Waals surface area contributed by atoms with Gasteiger partial charge < -0.3 is 10.7 Å². The highest BCUT2D eigenvalue weighted by molar-refractivity contribution is 5.85. The van der Waals surface area contributed by atoms with E-state index in [1.807, 2.05) is 0 Å². The van der Waals surface area contributed by atoms with Crippen LogP contribution in [0.1, 0.15) is 24.2 Å². The fourth-order valence-electron chi connectivity index (χ4n) is 1.82. The van der Waals surface area contributed by atoms with Crippen LogP contribution in [0.2, 0.25) is 0 Å². The largest absolute Gasteiger partial charge is 0.417 e. The first-order chi connectivity index (χ1) is 8.30. The van der Waals surface area contributed by atoms with Gasteiger partial charge in [-0.3, -0.25) is 4.79 Å². The van der Waals surface area contributed by atoms with Crippen LogP contribution in [-0.4, -0.2) is 4.98 Å². The lowest BCUT2D eigenvalue weighted by Gasteiger charge is -2.11. The molecule has 18 heavy (non-hydrogen) atoms. The Kier molecular flexibility index (Phi) is 2.90. The SMILES string of the molecule is CC(N)c1cc2cccc(C(F)(F)F)c2c(=O)[nH]1. The summed E-state index contributed by atoms with van der Waals surface area (Å²) < 4.78 is 38.3. The van der Waals surface area contributed by atoms with Gasteiger partial charge in [-0.1, -0.05) is 12.1 Å². The Morgan fingerprint density at radius 3 is 2.56 bits per heavy atom. The normalized spacial score (nSPS) is 13.8. The van der Waals surface area contributed by atoms with Gasteiger partial charge in [0.05, 0.1) is 10.9 Å². The first-order valence-electron chi connectivity index (χ1n) is 5.29. The number of benzene rings is 1. The molecule has 0 bridgehead atoms. The summed E-state index contributed by atoms with van der Waals surface area (Å²) in [6, 6.07) is 4.65. The van der Waals surface area contributed by atoms with Crippen molar-refractivity contribution in [1.82, 2.24) is 4.98 Å². The molecule has 1 aromatic heterocycles. The minimum absolute atomic E-state index is 0.237. The summed E-state index contributed by atoms with van der Waals surface area (Å²) in [6.07, 6.45) is -4.55. The summed E-state index contributed by atoms with van der Waals surface area (Å²) in [5, 5.41) is -0.115. The zero-order valence-electron chi connectivity index (χ0n) is 9.51. The Morgan fingerprint density at radius 2 is 2.00 bits per heavy atom. The lowest BCUT2D eigenvalue weighted by molar-refractivity contribution is -0.136. The van der Waals surface area contributed by atoms with Crippen LogP contribution < -0.4 is 11.3 Å². The summed E-state index contributed by atoms with van der Waals surface area (Å²) >= 11 is 0. The van der Waals surface area contributed by atoms with E-state index in [0.29, 0.717) is 5.69 Å². The summed E-state index contributed by atoms with van der Waals surface area (Å²) in [7, 11) is 0. The van der Waals surface area contributed by atoms with Crippen LogP contribution in [0.15, 0.2) is 29.1 Å². The molecule has 0 aliphatic carbocycles. The van der Waals surface area contributed by atoms with Gasteiger partial charge in [0.1, 0.15) is 0 Å². The first kappa shape index (κ1) is 12.6. The highest BCUT2D eigenvalue weighted by Gasteiger charge is 2.33. The molecule has 3 nitrogen and oxygen atoms in total. The molecule has 1 atom stereocenters. The Bertz CT molecular complexity index is 644. The van der Waals surface area contributed by atoms with Gasteiger partial charge in [-0.25, -0.2) is 0 Å². The average molecular weight is 256 g/mol. The van der Waals surface area contributed by atoms with E-state index in [4.69, 9.17) is 5.73 Å². The maximum absolute atomic E-state index is 12.8. The molecule has 0 saturated carbocycles. The van der Waals surface area contributed by atoms with Gasteiger partial charge in [0.15, 0.2) is 0 Å². The zero-order valence-corrected chi connectivity index (χ0v) is 9.51. The predicted molar refractivity (Wildman–Crippen MR) is 62.2 cm³/mol. The number of aromatic amines is 1. The second-order valence-electron chi connectivity index (χ2n) is 4.11. The van der Waals surface area contributed by atoms with Crippen molar-refractivity contribution in [2.45, 2.75) is 19.1 Å².